The van der Waals surface area contributed by atoms with Crippen LogP contribution in [0.3, 0.4) is 0 Å². The van der Waals surface area contributed by atoms with Crippen LogP contribution in [0.2, 0.25) is 0 Å². The van der Waals surface area contributed by atoms with Crippen LogP contribution in [0, 0.1) is 0 Å². The fourth-order valence-corrected chi connectivity index (χ4v) is 2.38. The first-order valence-electron chi connectivity index (χ1n) is 7.93. The maximum atomic E-state index is 12.5. The van der Waals surface area contributed by atoms with E-state index in [9.17, 15) is 9.59 Å². The highest BCUT2D eigenvalue weighted by Crippen LogP contribution is 2.19. The molecule has 0 saturated carbocycles. The lowest BCUT2D eigenvalue weighted by atomic mass is 10.2. The summed E-state index contributed by atoms with van der Waals surface area (Å²) < 4.78 is 11.4. The maximum Gasteiger partial charge on any atom is 0.343 e. The second-order valence-corrected chi connectivity index (χ2v) is 5.55. The second-order valence-electron chi connectivity index (χ2n) is 5.55. The topological polar surface area (TPSA) is 86.5 Å². The predicted octanol–water partition coefficient (Wildman–Crippen LogP) is 1.65. The van der Waals surface area contributed by atoms with Crippen molar-refractivity contribution in [2.24, 2.45) is 0 Å². The first kappa shape index (κ1) is 17.4. The van der Waals surface area contributed by atoms with Gasteiger partial charge in [0.15, 0.2) is 6.61 Å². The largest absolute Gasteiger partial charge is 0.482 e. The van der Waals surface area contributed by atoms with E-state index in [1.165, 1.54) is 12.0 Å². The Morgan fingerprint density at radius 1 is 1.12 bits per heavy atom. The number of methoxy groups -OCH3 is 1. The number of carbonyl (C=O) groups is 2. The number of rotatable bonds is 6. The Hall–Kier alpha value is -3.42. The van der Waals surface area contributed by atoms with E-state index in [1.54, 1.807) is 36.0 Å². The number of amides is 1. The summed E-state index contributed by atoms with van der Waals surface area (Å²) in [6.45, 7) is -0.0818. The minimum absolute atomic E-state index is 0.0810. The number of para-hydroxylation sites is 1. The minimum atomic E-state index is -0.457. The first-order valence-corrected chi connectivity index (χ1v) is 7.93. The van der Waals surface area contributed by atoms with Crippen molar-refractivity contribution in [1.29, 1.82) is 0 Å². The first-order chi connectivity index (χ1) is 12.6. The van der Waals surface area contributed by atoms with E-state index in [4.69, 9.17) is 4.74 Å². The van der Waals surface area contributed by atoms with Crippen LogP contribution < -0.4 is 9.64 Å². The number of likely N-dealkylation sites (N-methyl/N-ethyl adjacent to an activating group) is 1. The number of hydrogen-bond acceptors (Lipinski definition) is 6. The number of fused-ring (bicyclic) bond motifs is 1. The Morgan fingerprint density at radius 3 is 2.58 bits per heavy atom. The lowest BCUT2D eigenvalue weighted by Crippen LogP contribution is -2.30. The number of benzene rings is 2. The van der Waals surface area contributed by atoms with Crippen molar-refractivity contribution in [1.82, 2.24) is 15.0 Å². The summed E-state index contributed by atoms with van der Waals surface area (Å²) in [5.74, 6) is -0.0763. The molecule has 2 aromatic carbocycles. The predicted molar refractivity (Wildman–Crippen MR) is 94.9 cm³/mol. The van der Waals surface area contributed by atoms with Crippen LogP contribution in [0.4, 0.5) is 5.69 Å². The number of anilines is 1. The van der Waals surface area contributed by atoms with Crippen molar-refractivity contribution >= 4 is 28.6 Å². The molecule has 0 bridgehead atoms. The molecule has 3 aromatic rings. The highest BCUT2D eigenvalue weighted by atomic mass is 16.6. The lowest BCUT2D eigenvalue weighted by Gasteiger charge is -2.17. The Balaban J connectivity index is 1.65. The van der Waals surface area contributed by atoms with E-state index in [-0.39, 0.29) is 19.1 Å². The van der Waals surface area contributed by atoms with Crippen LogP contribution in [-0.4, -0.2) is 47.6 Å². The van der Waals surface area contributed by atoms with Crippen molar-refractivity contribution in [2.45, 2.75) is 6.54 Å². The molecule has 0 fully saturated rings. The average molecular weight is 354 g/mol. The molecule has 0 saturated heterocycles. The van der Waals surface area contributed by atoms with Crippen LogP contribution in [-0.2, 0) is 20.9 Å². The normalized spacial score (nSPS) is 10.5. The van der Waals surface area contributed by atoms with Crippen molar-refractivity contribution < 1.29 is 19.1 Å². The van der Waals surface area contributed by atoms with Crippen molar-refractivity contribution in [3.63, 3.8) is 0 Å². The van der Waals surface area contributed by atoms with Gasteiger partial charge in [-0.05, 0) is 36.4 Å². The van der Waals surface area contributed by atoms with Crippen LogP contribution in [0.1, 0.15) is 0 Å². The highest BCUT2D eigenvalue weighted by Gasteiger charge is 2.14. The second kappa shape index (κ2) is 7.64. The van der Waals surface area contributed by atoms with Gasteiger partial charge in [-0.15, -0.1) is 5.10 Å². The number of hydrogen-bond donors (Lipinski definition) is 0. The fraction of sp³-hybridized carbons (Fsp3) is 0.222. The maximum absolute atomic E-state index is 12.5. The van der Waals surface area contributed by atoms with Crippen LogP contribution in [0.5, 0.6) is 5.75 Å². The summed E-state index contributed by atoms with van der Waals surface area (Å²) in [4.78, 5) is 25.1. The summed E-state index contributed by atoms with van der Waals surface area (Å²) in [7, 11) is 2.99. The van der Waals surface area contributed by atoms with Gasteiger partial charge >= 0.3 is 5.97 Å². The molecule has 0 radical (unpaired) electrons. The Morgan fingerprint density at radius 2 is 1.85 bits per heavy atom. The van der Waals surface area contributed by atoms with Gasteiger partial charge in [0.25, 0.3) is 0 Å². The summed E-state index contributed by atoms with van der Waals surface area (Å²) >= 11 is 0. The number of esters is 1. The Bertz CT molecular complexity index is 920. The van der Waals surface area contributed by atoms with E-state index in [0.29, 0.717) is 11.4 Å². The van der Waals surface area contributed by atoms with E-state index in [0.717, 1.165) is 11.0 Å². The Kier molecular flexibility index (Phi) is 5.12. The zero-order chi connectivity index (χ0) is 18.5. The molecule has 0 aliphatic carbocycles. The molecule has 8 heteroatoms. The molecule has 0 atom stereocenters. The van der Waals surface area contributed by atoms with Gasteiger partial charge in [0, 0.05) is 12.7 Å². The van der Waals surface area contributed by atoms with Crippen LogP contribution in [0.15, 0.2) is 48.5 Å². The van der Waals surface area contributed by atoms with Crippen molar-refractivity contribution in [3.05, 3.63) is 48.5 Å². The quantitative estimate of drug-likeness (QED) is 0.626. The third kappa shape index (κ3) is 3.80. The van der Waals surface area contributed by atoms with E-state index >= 15 is 0 Å². The minimum Gasteiger partial charge on any atom is -0.482 e. The van der Waals surface area contributed by atoms with Crippen LogP contribution in [0.25, 0.3) is 11.0 Å². The van der Waals surface area contributed by atoms with E-state index < -0.39 is 5.97 Å². The number of ether oxygens (including phenoxy) is 2. The third-order valence-corrected chi connectivity index (χ3v) is 3.89. The van der Waals surface area contributed by atoms with Gasteiger partial charge in [0.05, 0.1) is 12.6 Å². The molecule has 1 heterocycles. The summed E-state index contributed by atoms with van der Waals surface area (Å²) in [6, 6.07) is 14.3. The summed E-state index contributed by atoms with van der Waals surface area (Å²) in [5, 5.41) is 8.07. The van der Waals surface area contributed by atoms with Crippen molar-refractivity contribution in [3.8, 4) is 5.75 Å². The van der Waals surface area contributed by atoms with E-state index in [1.807, 2.05) is 24.3 Å². The van der Waals surface area contributed by atoms with Gasteiger partial charge in [-0.2, -0.15) is 0 Å². The summed E-state index contributed by atoms with van der Waals surface area (Å²) in [5.41, 5.74) is 2.25. The lowest BCUT2D eigenvalue weighted by molar-refractivity contribution is -0.142. The molecule has 3 rings (SSSR count). The molecule has 1 aromatic heterocycles. The Labute approximate surface area is 149 Å². The summed E-state index contributed by atoms with van der Waals surface area (Å²) in [6.07, 6.45) is 0. The number of nitrogens with zero attached hydrogens (tertiary/aromatic N) is 4. The fourth-order valence-electron chi connectivity index (χ4n) is 2.38. The number of aromatic nitrogens is 3. The van der Waals surface area contributed by atoms with Gasteiger partial charge in [-0.3, -0.25) is 4.79 Å². The third-order valence-electron chi connectivity index (χ3n) is 3.89. The molecule has 0 N–H and O–H groups in total. The van der Waals surface area contributed by atoms with E-state index in [2.05, 4.69) is 15.0 Å². The molecule has 26 heavy (non-hydrogen) atoms. The smallest absolute Gasteiger partial charge is 0.343 e. The molecule has 0 unspecified atom stereocenters. The van der Waals surface area contributed by atoms with Gasteiger partial charge in [0.2, 0.25) is 5.91 Å². The van der Waals surface area contributed by atoms with Gasteiger partial charge in [-0.1, -0.05) is 17.3 Å². The van der Waals surface area contributed by atoms with Gasteiger partial charge < -0.3 is 14.4 Å². The zero-order valence-electron chi connectivity index (χ0n) is 14.5. The molecule has 134 valence electrons. The molecular formula is C18H18N4O4. The van der Waals surface area contributed by atoms with Gasteiger partial charge in [0.1, 0.15) is 17.8 Å². The standard InChI is InChI=1S/C18H18N4O4/c1-21(13-7-9-14(10-8-13)26-12-18(24)25-2)17(23)11-22-16-6-4-3-5-15(16)19-20-22/h3-10H,11-12H2,1-2H3. The highest BCUT2D eigenvalue weighted by molar-refractivity contribution is 5.93. The molecular weight excluding hydrogens is 336 g/mol. The van der Waals surface area contributed by atoms with Gasteiger partial charge in [-0.25, -0.2) is 9.48 Å². The van der Waals surface area contributed by atoms with Crippen molar-refractivity contribution in [2.75, 3.05) is 25.7 Å². The molecule has 0 aliphatic rings. The monoisotopic (exact) mass is 354 g/mol. The van der Waals surface area contributed by atoms with Crippen LogP contribution >= 0.6 is 0 Å². The molecule has 1 amide bonds. The SMILES string of the molecule is COC(=O)COc1ccc(N(C)C(=O)Cn2nnc3ccccc32)cc1. The molecule has 0 spiro atoms. The average Bonchev–Trinajstić information content (AvgIpc) is 3.08. The zero-order valence-corrected chi connectivity index (χ0v) is 14.5. The molecule has 8 nitrogen and oxygen atoms in total. The molecule has 0 aliphatic heterocycles. The number of carbonyl (C=O) groups excluding carboxylic acids is 2.